The summed E-state index contributed by atoms with van der Waals surface area (Å²) >= 11 is 0. The van der Waals surface area contributed by atoms with E-state index in [1.807, 2.05) is 47.6 Å². The lowest BCUT2D eigenvalue weighted by atomic mass is 9.47. The van der Waals surface area contributed by atoms with E-state index in [0.717, 1.165) is 44.9 Å². The van der Waals surface area contributed by atoms with E-state index in [0.29, 0.717) is 30.8 Å². The second-order valence-corrected chi connectivity index (χ2v) is 14.0. The van der Waals surface area contributed by atoms with Gasteiger partial charge in [-0.1, -0.05) is 12.5 Å². The third-order valence-corrected chi connectivity index (χ3v) is 9.39. The highest BCUT2D eigenvalue weighted by Gasteiger charge is 2.61. The normalized spacial score (nSPS) is 36.2. The monoisotopic (exact) mass is 503 g/mol. The Hall–Kier alpha value is -1.89. The van der Waals surface area contributed by atoms with Crippen molar-refractivity contribution in [2.75, 3.05) is 6.61 Å². The molecule has 3 saturated carbocycles. The van der Waals surface area contributed by atoms with Crippen molar-refractivity contribution in [1.82, 2.24) is 5.32 Å². The van der Waals surface area contributed by atoms with E-state index in [1.165, 1.54) is 5.57 Å². The molecule has 0 spiro atoms. The Labute approximate surface area is 216 Å². The summed E-state index contributed by atoms with van der Waals surface area (Å²) in [7, 11) is 0. The predicted molar refractivity (Wildman–Crippen MR) is 136 cm³/mol. The van der Waals surface area contributed by atoms with Crippen molar-refractivity contribution in [2.24, 2.45) is 34.0 Å². The number of hydrogen-bond donors (Lipinski definition) is 1. The number of amides is 1. The maximum Gasteiger partial charge on any atom is 0.407 e. The molecule has 0 heterocycles. The summed E-state index contributed by atoms with van der Waals surface area (Å²) in [5, 5.41) is 2.91. The van der Waals surface area contributed by atoms with Crippen molar-refractivity contribution in [1.29, 1.82) is 0 Å². The quantitative estimate of drug-likeness (QED) is 0.379. The molecular formula is C29H45NO6. The SMILES string of the molecule is CC(C)(C)NC(=O)OC[C@]12CCC(=O)C=C1CC[C@@H]1[C@H]2CC[C@]2(C)C(OOC(=O)C(C)(C)C)CC[C@@H]12. The molecule has 0 aromatic heterocycles. The van der Waals surface area contributed by atoms with E-state index < -0.39 is 11.5 Å². The molecule has 0 aromatic carbocycles. The van der Waals surface area contributed by atoms with E-state index in [-0.39, 0.29) is 34.2 Å². The van der Waals surface area contributed by atoms with Gasteiger partial charge >= 0.3 is 12.1 Å². The van der Waals surface area contributed by atoms with E-state index in [2.05, 4.69) is 12.2 Å². The third kappa shape index (κ3) is 5.09. The van der Waals surface area contributed by atoms with Crippen molar-refractivity contribution in [3.63, 3.8) is 0 Å². The topological polar surface area (TPSA) is 90.9 Å². The summed E-state index contributed by atoms with van der Waals surface area (Å²) in [5.74, 6) is 1.13. The van der Waals surface area contributed by atoms with Gasteiger partial charge in [0, 0.05) is 22.8 Å². The number of alkyl carbamates (subject to hydrolysis) is 1. The molecule has 1 unspecified atom stereocenters. The fourth-order valence-corrected chi connectivity index (χ4v) is 7.51. The zero-order chi connectivity index (χ0) is 26.5. The van der Waals surface area contributed by atoms with Crippen LogP contribution in [0.3, 0.4) is 0 Å². The molecule has 4 aliphatic carbocycles. The maximum absolute atomic E-state index is 12.6. The zero-order valence-corrected chi connectivity index (χ0v) is 23.2. The molecule has 1 N–H and O–H groups in total. The van der Waals surface area contributed by atoms with Gasteiger partial charge in [-0.25, -0.2) is 9.59 Å². The Kier molecular flexibility index (Phi) is 7.13. The molecule has 4 aliphatic rings. The van der Waals surface area contributed by atoms with Gasteiger partial charge < -0.3 is 10.1 Å². The molecule has 7 heteroatoms. The highest BCUT2D eigenvalue weighted by molar-refractivity contribution is 5.91. The molecule has 6 atom stereocenters. The molecule has 0 aliphatic heterocycles. The molecular weight excluding hydrogens is 458 g/mol. The number of carbonyl (C=O) groups excluding carboxylic acids is 3. The first kappa shape index (κ1) is 27.2. The molecule has 0 aromatic rings. The third-order valence-electron chi connectivity index (χ3n) is 9.39. The lowest BCUT2D eigenvalue weighted by Crippen LogP contribution is -2.54. The smallest absolute Gasteiger partial charge is 0.407 e. The zero-order valence-electron chi connectivity index (χ0n) is 23.2. The molecule has 0 saturated heterocycles. The fourth-order valence-electron chi connectivity index (χ4n) is 7.51. The van der Waals surface area contributed by atoms with Gasteiger partial charge in [0.2, 0.25) is 0 Å². The van der Waals surface area contributed by atoms with Crippen LogP contribution >= 0.6 is 0 Å². The molecule has 36 heavy (non-hydrogen) atoms. The van der Waals surface area contributed by atoms with Gasteiger partial charge in [0.15, 0.2) is 5.78 Å². The molecule has 202 valence electrons. The number of carbonyl (C=O) groups is 3. The van der Waals surface area contributed by atoms with Crippen LogP contribution < -0.4 is 5.32 Å². The number of ether oxygens (including phenoxy) is 1. The maximum atomic E-state index is 12.6. The number of hydrogen-bond acceptors (Lipinski definition) is 6. The van der Waals surface area contributed by atoms with Crippen LogP contribution in [0.1, 0.15) is 99.8 Å². The van der Waals surface area contributed by atoms with Gasteiger partial charge in [0.25, 0.3) is 0 Å². The standard InChI is InChI=1S/C29H45NO6/c1-26(2,3)24(32)36-35-23-11-10-21-20-9-8-18-16-19(31)12-15-29(18,22(20)13-14-28(21,23)7)17-34-25(33)30-27(4,5)6/h16,20-23H,8-15,17H2,1-7H3,(H,30,33)/t20-,21-,22+,23?,28-,29+/m0/s1. The molecule has 3 fully saturated rings. The van der Waals surface area contributed by atoms with Crippen LogP contribution in [-0.4, -0.2) is 36.1 Å². The summed E-state index contributed by atoms with van der Waals surface area (Å²) < 4.78 is 5.87. The Morgan fingerprint density at radius 3 is 2.39 bits per heavy atom. The highest BCUT2D eigenvalue weighted by atomic mass is 17.2. The van der Waals surface area contributed by atoms with Crippen LogP contribution in [0.15, 0.2) is 11.6 Å². The Balaban J connectivity index is 1.53. The summed E-state index contributed by atoms with van der Waals surface area (Å²) in [6, 6.07) is 0. The van der Waals surface area contributed by atoms with Gasteiger partial charge in [-0.15, -0.1) is 0 Å². The number of nitrogens with one attached hydrogen (secondary N) is 1. The highest BCUT2D eigenvalue weighted by Crippen LogP contribution is 2.65. The molecule has 7 nitrogen and oxygen atoms in total. The second kappa shape index (κ2) is 9.45. The van der Waals surface area contributed by atoms with Crippen LogP contribution in [0.25, 0.3) is 0 Å². The van der Waals surface area contributed by atoms with E-state index in [9.17, 15) is 14.4 Å². The summed E-state index contributed by atoms with van der Waals surface area (Å²) in [4.78, 5) is 48.4. The Morgan fingerprint density at radius 1 is 1.00 bits per heavy atom. The molecule has 0 bridgehead atoms. The minimum Gasteiger partial charge on any atom is -0.449 e. The van der Waals surface area contributed by atoms with Crippen LogP contribution in [0.5, 0.6) is 0 Å². The second-order valence-electron chi connectivity index (χ2n) is 14.0. The minimum absolute atomic E-state index is 0.0588. The molecule has 1 amide bonds. The van der Waals surface area contributed by atoms with Crippen molar-refractivity contribution < 1.29 is 28.9 Å². The van der Waals surface area contributed by atoms with E-state index >= 15 is 0 Å². The number of fused-ring (bicyclic) bond motifs is 5. The van der Waals surface area contributed by atoms with Gasteiger partial charge in [0.05, 0.1) is 5.41 Å². The van der Waals surface area contributed by atoms with Crippen LogP contribution in [0, 0.1) is 34.0 Å². The predicted octanol–water partition coefficient (Wildman–Crippen LogP) is 5.91. The summed E-state index contributed by atoms with van der Waals surface area (Å²) in [6.07, 6.45) is 8.37. The molecule has 0 radical (unpaired) electrons. The van der Waals surface area contributed by atoms with E-state index in [4.69, 9.17) is 14.5 Å². The number of rotatable bonds is 4. The van der Waals surface area contributed by atoms with Crippen LogP contribution in [0.4, 0.5) is 4.79 Å². The van der Waals surface area contributed by atoms with Crippen LogP contribution in [0.2, 0.25) is 0 Å². The molecule has 4 rings (SSSR count). The number of ketones is 1. The fraction of sp³-hybridized carbons (Fsp3) is 0.828. The lowest BCUT2D eigenvalue weighted by molar-refractivity contribution is -0.322. The van der Waals surface area contributed by atoms with Gasteiger partial charge in [-0.3, -0.25) is 9.68 Å². The van der Waals surface area contributed by atoms with E-state index in [1.54, 1.807) is 0 Å². The van der Waals surface area contributed by atoms with Gasteiger partial charge in [0.1, 0.15) is 12.7 Å². The van der Waals surface area contributed by atoms with Crippen molar-refractivity contribution >= 4 is 17.8 Å². The van der Waals surface area contributed by atoms with Crippen molar-refractivity contribution in [2.45, 2.75) is 111 Å². The Bertz CT molecular complexity index is 927. The minimum atomic E-state index is -0.604. The van der Waals surface area contributed by atoms with Gasteiger partial charge in [-0.05, 0) is 110 Å². The van der Waals surface area contributed by atoms with Crippen molar-refractivity contribution in [3.05, 3.63) is 11.6 Å². The first-order chi connectivity index (χ1) is 16.7. The van der Waals surface area contributed by atoms with Gasteiger partial charge in [-0.2, -0.15) is 4.89 Å². The summed E-state index contributed by atoms with van der Waals surface area (Å²) in [5.41, 5.74) is -0.126. The largest absolute Gasteiger partial charge is 0.449 e. The Morgan fingerprint density at radius 2 is 1.72 bits per heavy atom. The van der Waals surface area contributed by atoms with Crippen LogP contribution in [-0.2, 0) is 24.1 Å². The first-order valence-corrected chi connectivity index (χ1v) is 13.7. The van der Waals surface area contributed by atoms with Crippen molar-refractivity contribution in [3.8, 4) is 0 Å². The average Bonchev–Trinajstić information content (AvgIpc) is 3.10. The lowest BCUT2D eigenvalue weighted by Gasteiger charge is -2.58. The first-order valence-electron chi connectivity index (χ1n) is 13.7. The summed E-state index contributed by atoms with van der Waals surface area (Å²) in [6.45, 7) is 13.9. The average molecular weight is 504 g/mol.